The first kappa shape index (κ1) is 15.7. The summed E-state index contributed by atoms with van der Waals surface area (Å²) in [4.78, 5) is 27.1. The lowest BCUT2D eigenvalue weighted by Crippen LogP contribution is -2.44. The van der Waals surface area contributed by atoms with Crippen molar-refractivity contribution < 1.29 is 9.21 Å². The van der Waals surface area contributed by atoms with Crippen LogP contribution in [0.2, 0.25) is 0 Å². The first-order chi connectivity index (χ1) is 12.1. The van der Waals surface area contributed by atoms with Crippen molar-refractivity contribution in [2.24, 2.45) is 0 Å². The van der Waals surface area contributed by atoms with Gasteiger partial charge in [0.25, 0.3) is 0 Å². The number of oxazole rings is 1. The average molecular weight is 340 g/mol. The second-order valence-corrected chi connectivity index (χ2v) is 6.45. The standard InChI is InChI=1S/C18H20N4O3/c1-13(22-15-7-2-3-8-16(15)25-18(22)24)17(23)20-10-4-6-14(12-20)21-11-5-9-19-21/h2-3,5,7-9,11,13-14H,4,6,10,12H2,1H3/t13-,14-/m0/s1. The summed E-state index contributed by atoms with van der Waals surface area (Å²) < 4.78 is 8.61. The molecule has 7 nitrogen and oxygen atoms in total. The molecule has 1 aliphatic heterocycles. The second-order valence-electron chi connectivity index (χ2n) is 6.45. The molecule has 0 bridgehead atoms. The fourth-order valence-corrected chi connectivity index (χ4v) is 3.59. The number of piperidine rings is 1. The maximum atomic E-state index is 13.0. The fourth-order valence-electron chi connectivity index (χ4n) is 3.59. The van der Waals surface area contributed by atoms with E-state index in [-0.39, 0.29) is 11.9 Å². The third kappa shape index (κ3) is 2.75. The number of para-hydroxylation sites is 2. The molecule has 3 heterocycles. The number of aromatic nitrogens is 3. The molecule has 0 radical (unpaired) electrons. The van der Waals surface area contributed by atoms with Crippen molar-refractivity contribution in [3.63, 3.8) is 0 Å². The number of carbonyl (C=O) groups excluding carboxylic acids is 1. The van der Waals surface area contributed by atoms with Crippen molar-refractivity contribution >= 4 is 17.0 Å². The van der Waals surface area contributed by atoms with Crippen molar-refractivity contribution in [3.8, 4) is 0 Å². The lowest BCUT2D eigenvalue weighted by molar-refractivity contribution is -0.136. The molecule has 2 atom stereocenters. The van der Waals surface area contributed by atoms with E-state index < -0.39 is 11.8 Å². The maximum absolute atomic E-state index is 13.0. The van der Waals surface area contributed by atoms with E-state index in [1.165, 1.54) is 4.57 Å². The van der Waals surface area contributed by atoms with Crippen molar-refractivity contribution in [1.82, 2.24) is 19.2 Å². The summed E-state index contributed by atoms with van der Waals surface area (Å²) in [5.41, 5.74) is 1.15. The van der Waals surface area contributed by atoms with E-state index in [0.29, 0.717) is 24.2 Å². The molecule has 1 amide bonds. The zero-order valence-corrected chi connectivity index (χ0v) is 14.0. The first-order valence-corrected chi connectivity index (χ1v) is 8.53. The topological polar surface area (TPSA) is 73.3 Å². The zero-order valence-electron chi connectivity index (χ0n) is 14.0. The van der Waals surface area contributed by atoms with E-state index in [1.807, 2.05) is 27.9 Å². The van der Waals surface area contributed by atoms with Gasteiger partial charge < -0.3 is 9.32 Å². The summed E-state index contributed by atoms with van der Waals surface area (Å²) in [6, 6.07) is 8.64. The van der Waals surface area contributed by atoms with Crippen molar-refractivity contribution in [1.29, 1.82) is 0 Å². The highest BCUT2D eigenvalue weighted by Crippen LogP contribution is 2.24. The number of rotatable bonds is 3. The normalized spacial score (nSPS) is 19.2. The highest BCUT2D eigenvalue weighted by atomic mass is 16.4. The summed E-state index contributed by atoms with van der Waals surface area (Å²) in [6.07, 6.45) is 5.59. The molecule has 130 valence electrons. The van der Waals surface area contributed by atoms with Gasteiger partial charge in [0, 0.05) is 25.5 Å². The van der Waals surface area contributed by atoms with Gasteiger partial charge in [0.1, 0.15) is 6.04 Å². The van der Waals surface area contributed by atoms with Crippen LogP contribution in [0.25, 0.3) is 11.1 Å². The van der Waals surface area contributed by atoms with Gasteiger partial charge in [0.05, 0.1) is 11.6 Å². The number of likely N-dealkylation sites (tertiary alicyclic amines) is 1. The number of carbonyl (C=O) groups is 1. The lowest BCUT2D eigenvalue weighted by atomic mass is 10.0. The molecule has 2 aromatic heterocycles. The molecule has 0 N–H and O–H groups in total. The highest BCUT2D eigenvalue weighted by Gasteiger charge is 2.30. The van der Waals surface area contributed by atoms with Crippen LogP contribution in [0.15, 0.2) is 51.9 Å². The molecule has 0 saturated carbocycles. The molecule has 0 spiro atoms. The van der Waals surface area contributed by atoms with Crippen LogP contribution in [0.4, 0.5) is 0 Å². The van der Waals surface area contributed by atoms with E-state index >= 15 is 0 Å². The molecule has 0 unspecified atom stereocenters. The van der Waals surface area contributed by atoms with Crippen LogP contribution in [-0.2, 0) is 4.79 Å². The van der Waals surface area contributed by atoms with Crippen LogP contribution in [0.5, 0.6) is 0 Å². The van der Waals surface area contributed by atoms with Crippen LogP contribution >= 0.6 is 0 Å². The smallest absolute Gasteiger partial charge is 0.408 e. The minimum Gasteiger partial charge on any atom is -0.408 e. The molecule has 1 saturated heterocycles. The van der Waals surface area contributed by atoms with Crippen LogP contribution in [0.3, 0.4) is 0 Å². The number of amides is 1. The molecular weight excluding hydrogens is 320 g/mol. The summed E-state index contributed by atoms with van der Waals surface area (Å²) in [5.74, 6) is -0.562. The Morgan fingerprint density at radius 3 is 2.96 bits per heavy atom. The third-order valence-electron chi connectivity index (χ3n) is 4.87. The lowest BCUT2D eigenvalue weighted by Gasteiger charge is -2.34. The van der Waals surface area contributed by atoms with Crippen LogP contribution in [0.1, 0.15) is 31.8 Å². The Kier molecular flexibility index (Phi) is 3.91. The van der Waals surface area contributed by atoms with Crippen molar-refractivity contribution in [3.05, 3.63) is 53.3 Å². The van der Waals surface area contributed by atoms with Gasteiger partial charge in [-0.15, -0.1) is 0 Å². The summed E-state index contributed by atoms with van der Waals surface area (Å²) >= 11 is 0. The Morgan fingerprint density at radius 1 is 1.32 bits per heavy atom. The first-order valence-electron chi connectivity index (χ1n) is 8.53. The zero-order chi connectivity index (χ0) is 17.4. The van der Waals surface area contributed by atoms with Crippen molar-refractivity contribution in [2.45, 2.75) is 31.8 Å². The van der Waals surface area contributed by atoms with Gasteiger partial charge in [-0.25, -0.2) is 4.79 Å². The predicted molar refractivity (Wildman–Crippen MR) is 92.3 cm³/mol. The molecule has 1 aliphatic rings. The maximum Gasteiger partial charge on any atom is 0.420 e. The molecule has 1 aromatic carbocycles. The second kappa shape index (κ2) is 6.23. The Morgan fingerprint density at radius 2 is 2.16 bits per heavy atom. The van der Waals surface area contributed by atoms with Gasteiger partial charge in [-0.3, -0.25) is 14.0 Å². The average Bonchev–Trinajstić information content (AvgIpc) is 3.27. The number of nitrogens with zero attached hydrogens (tertiary/aromatic N) is 4. The molecule has 3 aromatic rings. The van der Waals surface area contributed by atoms with Gasteiger partial charge in [-0.1, -0.05) is 12.1 Å². The van der Waals surface area contributed by atoms with E-state index in [9.17, 15) is 9.59 Å². The SMILES string of the molecule is C[C@@H](C(=O)N1CCC[C@H](n2cccn2)C1)n1c(=O)oc2ccccc21. The Balaban J connectivity index is 1.59. The van der Waals surface area contributed by atoms with Crippen LogP contribution in [-0.4, -0.2) is 38.2 Å². The fraction of sp³-hybridized carbons (Fsp3) is 0.389. The number of fused-ring (bicyclic) bond motifs is 1. The quantitative estimate of drug-likeness (QED) is 0.733. The van der Waals surface area contributed by atoms with Gasteiger partial charge in [-0.2, -0.15) is 5.10 Å². The number of hydrogen-bond acceptors (Lipinski definition) is 4. The van der Waals surface area contributed by atoms with Crippen LogP contribution in [0, 0.1) is 0 Å². The van der Waals surface area contributed by atoms with Crippen molar-refractivity contribution in [2.75, 3.05) is 13.1 Å². The molecule has 0 aliphatic carbocycles. The van der Waals surface area contributed by atoms with E-state index in [2.05, 4.69) is 5.10 Å². The summed E-state index contributed by atoms with van der Waals surface area (Å²) in [6.45, 7) is 3.06. The van der Waals surface area contributed by atoms with Gasteiger partial charge in [0.15, 0.2) is 5.58 Å². The summed E-state index contributed by atoms with van der Waals surface area (Å²) in [7, 11) is 0. The minimum absolute atomic E-state index is 0.0643. The molecule has 7 heteroatoms. The molecule has 1 fully saturated rings. The largest absolute Gasteiger partial charge is 0.420 e. The highest BCUT2D eigenvalue weighted by molar-refractivity contribution is 5.83. The minimum atomic E-state index is -0.604. The van der Waals surface area contributed by atoms with E-state index in [1.54, 1.807) is 31.3 Å². The Labute approximate surface area is 144 Å². The predicted octanol–water partition coefficient (Wildman–Crippen LogP) is 2.22. The van der Waals surface area contributed by atoms with Gasteiger partial charge in [-0.05, 0) is 38.0 Å². The van der Waals surface area contributed by atoms with Gasteiger partial charge in [0.2, 0.25) is 5.91 Å². The van der Waals surface area contributed by atoms with Crippen LogP contribution < -0.4 is 5.76 Å². The number of hydrogen-bond donors (Lipinski definition) is 0. The van der Waals surface area contributed by atoms with E-state index in [0.717, 1.165) is 12.8 Å². The molecule has 25 heavy (non-hydrogen) atoms. The molecule has 4 rings (SSSR count). The van der Waals surface area contributed by atoms with E-state index in [4.69, 9.17) is 4.42 Å². The monoisotopic (exact) mass is 340 g/mol. The summed E-state index contributed by atoms with van der Waals surface area (Å²) in [5, 5.41) is 4.29. The Bertz CT molecular complexity index is 941. The molecular formula is C18H20N4O3. The number of benzene rings is 1. The van der Waals surface area contributed by atoms with Gasteiger partial charge >= 0.3 is 5.76 Å². The Hall–Kier alpha value is -2.83. The third-order valence-corrected chi connectivity index (χ3v) is 4.87.